The monoisotopic (exact) mass is 337 g/mol. The molecule has 2 aromatic carbocycles. The lowest BCUT2D eigenvalue weighted by molar-refractivity contribution is 0.897. The number of benzene rings is 2. The van der Waals surface area contributed by atoms with Crippen LogP contribution in [0.15, 0.2) is 70.5 Å². The SMILES string of the molecule is Clc1cccc(-c2cc(Sc3ccccc3)c3c(n2)CCC3)c1. The molecule has 4 rings (SSSR count). The lowest BCUT2D eigenvalue weighted by Crippen LogP contribution is -1.95. The maximum atomic E-state index is 6.15. The van der Waals surface area contributed by atoms with Gasteiger partial charge in [0.15, 0.2) is 0 Å². The molecule has 0 fully saturated rings. The van der Waals surface area contributed by atoms with E-state index in [0.29, 0.717) is 0 Å². The molecule has 0 atom stereocenters. The number of fused-ring (bicyclic) bond motifs is 1. The highest BCUT2D eigenvalue weighted by Crippen LogP contribution is 2.38. The van der Waals surface area contributed by atoms with Gasteiger partial charge in [-0.15, -0.1) is 0 Å². The van der Waals surface area contributed by atoms with Crippen LogP contribution in [-0.4, -0.2) is 4.98 Å². The Morgan fingerprint density at radius 1 is 0.913 bits per heavy atom. The van der Waals surface area contributed by atoms with E-state index in [1.807, 2.05) is 30.0 Å². The van der Waals surface area contributed by atoms with Gasteiger partial charge in [0.05, 0.1) is 5.69 Å². The average molecular weight is 338 g/mol. The van der Waals surface area contributed by atoms with Crippen LogP contribution in [0.4, 0.5) is 0 Å². The van der Waals surface area contributed by atoms with Crippen LogP contribution >= 0.6 is 23.4 Å². The minimum absolute atomic E-state index is 0.752. The molecule has 0 spiro atoms. The van der Waals surface area contributed by atoms with E-state index < -0.39 is 0 Å². The second-order valence-corrected chi connectivity index (χ2v) is 7.26. The summed E-state index contributed by atoms with van der Waals surface area (Å²) in [6.45, 7) is 0. The van der Waals surface area contributed by atoms with Crippen molar-refractivity contribution in [3.8, 4) is 11.3 Å². The molecule has 3 aromatic rings. The first kappa shape index (κ1) is 14.8. The highest BCUT2D eigenvalue weighted by molar-refractivity contribution is 7.99. The Kier molecular flexibility index (Phi) is 4.11. The number of hydrogen-bond acceptors (Lipinski definition) is 2. The number of aromatic nitrogens is 1. The lowest BCUT2D eigenvalue weighted by Gasteiger charge is -2.11. The number of rotatable bonds is 3. The van der Waals surface area contributed by atoms with E-state index >= 15 is 0 Å². The van der Waals surface area contributed by atoms with Crippen molar-refractivity contribution in [3.63, 3.8) is 0 Å². The van der Waals surface area contributed by atoms with Gasteiger partial charge in [-0.3, -0.25) is 4.98 Å². The van der Waals surface area contributed by atoms with Gasteiger partial charge in [0.2, 0.25) is 0 Å². The summed E-state index contributed by atoms with van der Waals surface area (Å²) in [4.78, 5) is 7.49. The fraction of sp³-hybridized carbons (Fsp3) is 0.150. The third-order valence-corrected chi connectivity index (χ3v) is 5.43. The molecular formula is C20H16ClNS. The zero-order valence-electron chi connectivity index (χ0n) is 12.6. The summed E-state index contributed by atoms with van der Waals surface area (Å²) in [6, 6.07) is 20.7. The number of pyridine rings is 1. The second-order valence-electron chi connectivity index (χ2n) is 5.71. The number of aryl methyl sites for hydroxylation is 1. The molecule has 114 valence electrons. The highest BCUT2D eigenvalue weighted by atomic mass is 35.5. The van der Waals surface area contributed by atoms with Crippen LogP contribution in [0.1, 0.15) is 17.7 Å². The van der Waals surface area contributed by atoms with E-state index in [-0.39, 0.29) is 0 Å². The van der Waals surface area contributed by atoms with Crippen LogP contribution in [0, 0.1) is 0 Å². The predicted molar refractivity (Wildman–Crippen MR) is 97.3 cm³/mol. The molecule has 1 aromatic heterocycles. The van der Waals surface area contributed by atoms with Crippen molar-refractivity contribution in [2.45, 2.75) is 29.1 Å². The number of hydrogen-bond donors (Lipinski definition) is 0. The topological polar surface area (TPSA) is 12.9 Å². The van der Waals surface area contributed by atoms with E-state index in [9.17, 15) is 0 Å². The highest BCUT2D eigenvalue weighted by Gasteiger charge is 2.19. The first-order valence-electron chi connectivity index (χ1n) is 7.81. The van der Waals surface area contributed by atoms with Crippen molar-refractivity contribution in [3.05, 3.63) is 76.9 Å². The van der Waals surface area contributed by atoms with Crippen LogP contribution in [0.3, 0.4) is 0 Å². The summed E-state index contributed by atoms with van der Waals surface area (Å²) in [5.41, 5.74) is 4.78. The Bertz CT molecular complexity index is 846. The average Bonchev–Trinajstić information content (AvgIpc) is 3.05. The van der Waals surface area contributed by atoms with Crippen LogP contribution in [-0.2, 0) is 12.8 Å². The molecule has 0 N–H and O–H groups in total. The summed E-state index contributed by atoms with van der Waals surface area (Å²) in [5.74, 6) is 0. The van der Waals surface area contributed by atoms with Gasteiger partial charge in [0, 0.05) is 26.1 Å². The minimum Gasteiger partial charge on any atom is -0.252 e. The van der Waals surface area contributed by atoms with Crippen LogP contribution in [0.2, 0.25) is 5.02 Å². The largest absolute Gasteiger partial charge is 0.252 e. The Balaban J connectivity index is 1.79. The molecule has 1 heterocycles. The van der Waals surface area contributed by atoms with E-state index in [1.165, 1.54) is 27.5 Å². The molecule has 0 unspecified atom stereocenters. The van der Waals surface area contributed by atoms with E-state index in [0.717, 1.165) is 29.1 Å². The fourth-order valence-electron chi connectivity index (χ4n) is 3.01. The van der Waals surface area contributed by atoms with Gasteiger partial charge in [-0.25, -0.2) is 0 Å². The maximum Gasteiger partial charge on any atom is 0.0717 e. The molecule has 1 aliphatic carbocycles. The Morgan fingerprint density at radius 3 is 2.61 bits per heavy atom. The molecule has 3 heteroatoms. The van der Waals surface area contributed by atoms with Crippen molar-refractivity contribution in [1.82, 2.24) is 4.98 Å². The predicted octanol–water partition coefficient (Wildman–Crippen LogP) is 6.04. The summed E-state index contributed by atoms with van der Waals surface area (Å²) >= 11 is 7.98. The minimum atomic E-state index is 0.752. The van der Waals surface area contributed by atoms with E-state index in [1.54, 1.807) is 0 Å². The third-order valence-electron chi connectivity index (χ3n) is 4.10. The van der Waals surface area contributed by atoms with Gasteiger partial charge in [-0.2, -0.15) is 0 Å². The van der Waals surface area contributed by atoms with Gasteiger partial charge in [-0.1, -0.05) is 53.7 Å². The van der Waals surface area contributed by atoms with Crippen LogP contribution in [0.25, 0.3) is 11.3 Å². The quantitative estimate of drug-likeness (QED) is 0.577. The first-order valence-corrected chi connectivity index (χ1v) is 9.01. The molecule has 0 saturated heterocycles. The van der Waals surface area contributed by atoms with Crippen molar-refractivity contribution in [2.24, 2.45) is 0 Å². The van der Waals surface area contributed by atoms with Gasteiger partial charge in [0.25, 0.3) is 0 Å². The molecular weight excluding hydrogens is 322 g/mol. The van der Waals surface area contributed by atoms with Gasteiger partial charge in [0.1, 0.15) is 0 Å². The van der Waals surface area contributed by atoms with Gasteiger partial charge < -0.3 is 0 Å². The van der Waals surface area contributed by atoms with Crippen molar-refractivity contribution < 1.29 is 0 Å². The van der Waals surface area contributed by atoms with Gasteiger partial charge in [-0.05, 0) is 55.2 Å². The maximum absolute atomic E-state index is 6.15. The molecule has 23 heavy (non-hydrogen) atoms. The fourth-order valence-corrected chi connectivity index (χ4v) is 4.26. The Morgan fingerprint density at radius 2 is 1.78 bits per heavy atom. The lowest BCUT2D eigenvalue weighted by atomic mass is 10.1. The van der Waals surface area contributed by atoms with Crippen LogP contribution in [0.5, 0.6) is 0 Å². The molecule has 0 radical (unpaired) electrons. The Hall–Kier alpha value is -1.77. The summed E-state index contributed by atoms with van der Waals surface area (Å²) in [7, 11) is 0. The Labute approximate surface area is 145 Å². The summed E-state index contributed by atoms with van der Waals surface area (Å²) in [6.07, 6.45) is 3.41. The van der Waals surface area contributed by atoms with Gasteiger partial charge >= 0.3 is 0 Å². The zero-order chi connectivity index (χ0) is 15.6. The first-order chi connectivity index (χ1) is 11.3. The standard InChI is InChI=1S/C20H16ClNS/c21-15-7-4-6-14(12-15)19-13-20(17-10-5-11-18(17)22-19)23-16-8-2-1-3-9-16/h1-4,6-9,12-13H,5,10-11H2. The van der Waals surface area contributed by atoms with E-state index in [2.05, 4.69) is 42.5 Å². The van der Waals surface area contributed by atoms with Crippen molar-refractivity contribution >= 4 is 23.4 Å². The molecule has 1 aliphatic rings. The zero-order valence-corrected chi connectivity index (χ0v) is 14.2. The number of halogens is 1. The van der Waals surface area contributed by atoms with E-state index in [4.69, 9.17) is 16.6 Å². The van der Waals surface area contributed by atoms with Crippen molar-refractivity contribution in [1.29, 1.82) is 0 Å². The summed E-state index contributed by atoms with van der Waals surface area (Å²) in [5, 5.41) is 0.752. The number of nitrogens with zero attached hydrogens (tertiary/aromatic N) is 1. The van der Waals surface area contributed by atoms with Crippen molar-refractivity contribution in [2.75, 3.05) is 0 Å². The normalized spacial score (nSPS) is 13.1. The van der Waals surface area contributed by atoms with Crippen LogP contribution < -0.4 is 0 Å². The molecule has 0 saturated carbocycles. The molecule has 0 aliphatic heterocycles. The third kappa shape index (κ3) is 3.15. The second kappa shape index (κ2) is 6.38. The smallest absolute Gasteiger partial charge is 0.0717 e. The molecule has 0 bridgehead atoms. The molecule has 1 nitrogen and oxygen atoms in total. The summed E-state index contributed by atoms with van der Waals surface area (Å²) < 4.78 is 0. The molecule has 0 amide bonds.